The highest BCUT2D eigenvalue weighted by Crippen LogP contribution is 2.47. The van der Waals surface area contributed by atoms with Gasteiger partial charge < -0.3 is 15.4 Å². The van der Waals surface area contributed by atoms with E-state index < -0.39 is 0 Å². The van der Waals surface area contributed by atoms with E-state index in [1.54, 1.807) is 0 Å². The fraction of sp³-hybridized carbons (Fsp3) is 0.455. The second-order valence-corrected chi connectivity index (χ2v) is 7.62. The first-order valence-corrected chi connectivity index (χ1v) is 9.76. The molecule has 2 aliphatic heterocycles. The van der Waals surface area contributed by atoms with Gasteiger partial charge in [-0.3, -0.25) is 0 Å². The molecule has 25 heavy (non-hydrogen) atoms. The van der Waals surface area contributed by atoms with Crippen LogP contribution in [-0.2, 0) is 0 Å². The molecule has 2 heterocycles. The van der Waals surface area contributed by atoms with Gasteiger partial charge in [-0.05, 0) is 68.5 Å². The molecule has 1 saturated heterocycles. The van der Waals surface area contributed by atoms with Crippen LogP contribution in [0, 0.1) is 0 Å². The number of ether oxygens (including phenoxy) is 1. The summed E-state index contributed by atoms with van der Waals surface area (Å²) in [6.45, 7) is 2.22. The average Bonchev–Trinajstić information content (AvgIpc) is 2.80. The van der Waals surface area contributed by atoms with E-state index in [2.05, 4.69) is 53.1 Å². The molecule has 130 valence electrons. The Labute approximate surface area is 149 Å². The van der Waals surface area contributed by atoms with Gasteiger partial charge in [0.2, 0.25) is 0 Å². The van der Waals surface area contributed by atoms with Crippen molar-refractivity contribution in [3.63, 3.8) is 0 Å². The van der Waals surface area contributed by atoms with Crippen molar-refractivity contribution in [2.24, 2.45) is 0 Å². The zero-order valence-corrected chi connectivity index (χ0v) is 14.6. The molecule has 1 aliphatic carbocycles. The lowest BCUT2D eigenvalue weighted by molar-refractivity contribution is 0.121. The normalized spacial score (nSPS) is 25.3. The molecule has 0 radical (unpaired) electrons. The van der Waals surface area contributed by atoms with Crippen molar-refractivity contribution in [3.8, 4) is 16.9 Å². The Balaban J connectivity index is 1.57. The van der Waals surface area contributed by atoms with E-state index in [0.717, 1.165) is 18.8 Å². The monoisotopic (exact) mass is 334 g/mol. The van der Waals surface area contributed by atoms with Crippen LogP contribution in [0.25, 0.3) is 11.1 Å². The fourth-order valence-electron chi connectivity index (χ4n) is 4.55. The second kappa shape index (κ2) is 6.38. The summed E-state index contributed by atoms with van der Waals surface area (Å²) in [4.78, 5) is 0. The van der Waals surface area contributed by atoms with Gasteiger partial charge in [0.15, 0.2) is 0 Å². The standard InChI is InChI=1S/C22H26N2O/c1-2-10-21(25-15-5-3-6-15)16(7-1)17-8-4-9-20-22(17)18-11-13-23-14-12-19(18)24-20/h1-2,4,7-10,15,18-19,23-24H,3,5-6,11-14H2/t18-,19-/m1/s1. The van der Waals surface area contributed by atoms with Gasteiger partial charge in [-0.25, -0.2) is 0 Å². The second-order valence-electron chi connectivity index (χ2n) is 7.62. The highest BCUT2D eigenvalue weighted by molar-refractivity contribution is 5.81. The number of hydrogen-bond acceptors (Lipinski definition) is 3. The van der Waals surface area contributed by atoms with Crippen LogP contribution >= 0.6 is 0 Å². The van der Waals surface area contributed by atoms with Crippen molar-refractivity contribution in [1.29, 1.82) is 0 Å². The molecule has 3 heteroatoms. The van der Waals surface area contributed by atoms with E-state index >= 15 is 0 Å². The highest BCUT2D eigenvalue weighted by atomic mass is 16.5. The molecule has 5 rings (SSSR count). The van der Waals surface area contributed by atoms with Crippen molar-refractivity contribution in [3.05, 3.63) is 48.0 Å². The van der Waals surface area contributed by atoms with Crippen molar-refractivity contribution in [2.75, 3.05) is 18.4 Å². The van der Waals surface area contributed by atoms with E-state index in [-0.39, 0.29) is 0 Å². The van der Waals surface area contributed by atoms with Crippen LogP contribution in [-0.4, -0.2) is 25.2 Å². The third-order valence-corrected chi connectivity index (χ3v) is 6.09. The molecule has 1 saturated carbocycles. The SMILES string of the molecule is c1ccc(-c2cccc3c2[C@@H]2CCNCC[C@H]2N3)c(OC2CCC2)c1. The van der Waals surface area contributed by atoms with Crippen molar-refractivity contribution >= 4 is 5.69 Å². The van der Waals surface area contributed by atoms with Gasteiger partial charge in [0.25, 0.3) is 0 Å². The average molecular weight is 334 g/mol. The fourth-order valence-corrected chi connectivity index (χ4v) is 4.55. The smallest absolute Gasteiger partial charge is 0.127 e. The predicted molar refractivity (Wildman–Crippen MR) is 102 cm³/mol. The first kappa shape index (κ1) is 15.3. The number of anilines is 1. The maximum Gasteiger partial charge on any atom is 0.127 e. The van der Waals surface area contributed by atoms with Crippen molar-refractivity contribution < 1.29 is 4.74 Å². The van der Waals surface area contributed by atoms with E-state index in [9.17, 15) is 0 Å². The summed E-state index contributed by atoms with van der Waals surface area (Å²) in [6, 6.07) is 15.9. The van der Waals surface area contributed by atoms with Gasteiger partial charge >= 0.3 is 0 Å². The van der Waals surface area contributed by atoms with Crippen LogP contribution in [0.4, 0.5) is 5.69 Å². The lowest BCUT2D eigenvalue weighted by Gasteiger charge is -2.28. The van der Waals surface area contributed by atoms with Gasteiger partial charge in [-0.2, -0.15) is 0 Å². The lowest BCUT2D eigenvalue weighted by Crippen LogP contribution is -2.24. The molecule has 0 spiro atoms. The highest BCUT2D eigenvalue weighted by Gasteiger charge is 2.35. The predicted octanol–water partition coefficient (Wildman–Crippen LogP) is 4.55. The van der Waals surface area contributed by atoms with Gasteiger partial charge in [0, 0.05) is 23.2 Å². The number of benzene rings is 2. The van der Waals surface area contributed by atoms with Gasteiger partial charge in [0.1, 0.15) is 5.75 Å². The molecule has 3 nitrogen and oxygen atoms in total. The van der Waals surface area contributed by atoms with Gasteiger partial charge in [-0.1, -0.05) is 30.3 Å². The first-order valence-electron chi connectivity index (χ1n) is 9.76. The summed E-state index contributed by atoms with van der Waals surface area (Å²) >= 11 is 0. The zero-order chi connectivity index (χ0) is 16.6. The number of nitrogens with one attached hydrogen (secondary N) is 2. The summed E-state index contributed by atoms with van der Waals surface area (Å²) < 4.78 is 6.32. The Hall–Kier alpha value is -2.00. The molecule has 3 aliphatic rings. The minimum atomic E-state index is 0.408. The molecule has 2 aromatic carbocycles. The van der Waals surface area contributed by atoms with Crippen LogP contribution in [0.1, 0.15) is 43.6 Å². The van der Waals surface area contributed by atoms with Crippen molar-refractivity contribution in [2.45, 2.75) is 50.2 Å². The minimum absolute atomic E-state index is 0.408. The molecule has 0 unspecified atom stereocenters. The Kier molecular flexibility index (Phi) is 3.90. The number of hydrogen-bond donors (Lipinski definition) is 2. The lowest BCUT2D eigenvalue weighted by atomic mass is 9.85. The zero-order valence-electron chi connectivity index (χ0n) is 14.6. The molecule has 0 bridgehead atoms. The molecule has 2 fully saturated rings. The summed E-state index contributed by atoms with van der Waals surface area (Å²) in [5, 5.41) is 7.34. The summed E-state index contributed by atoms with van der Waals surface area (Å²) in [7, 11) is 0. The number of rotatable bonds is 3. The molecular formula is C22H26N2O. The van der Waals surface area contributed by atoms with Gasteiger partial charge in [-0.15, -0.1) is 0 Å². The number of fused-ring (bicyclic) bond motifs is 3. The molecule has 2 atom stereocenters. The molecule has 0 amide bonds. The summed E-state index contributed by atoms with van der Waals surface area (Å²) in [6.07, 6.45) is 6.49. The van der Waals surface area contributed by atoms with Crippen LogP contribution in [0.3, 0.4) is 0 Å². The van der Waals surface area contributed by atoms with Crippen LogP contribution < -0.4 is 15.4 Å². The Morgan fingerprint density at radius 1 is 0.840 bits per heavy atom. The quantitative estimate of drug-likeness (QED) is 0.864. The maximum absolute atomic E-state index is 6.32. The van der Waals surface area contributed by atoms with E-state index in [1.165, 1.54) is 54.5 Å². The molecule has 0 aromatic heterocycles. The van der Waals surface area contributed by atoms with Crippen LogP contribution in [0.15, 0.2) is 42.5 Å². The minimum Gasteiger partial charge on any atom is -0.490 e. The van der Waals surface area contributed by atoms with E-state index in [1.807, 2.05) is 0 Å². The van der Waals surface area contributed by atoms with Crippen molar-refractivity contribution in [1.82, 2.24) is 5.32 Å². The maximum atomic E-state index is 6.32. The van der Waals surface area contributed by atoms with Crippen LogP contribution in [0.2, 0.25) is 0 Å². The molecule has 2 N–H and O–H groups in total. The molecular weight excluding hydrogens is 308 g/mol. The largest absolute Gasteiger partial charge is 0.490 e. The summed E-state index contributed by atoms with van der Waals surface area (Å²) in [5.41, 5.74) is 5.44. The first-order chi connectivity index (χ1) is 12.4. The summed E-state index contributed by atoms with van der Waals surface area (Å²) in [5.74, 6) is 1.65. The van der Waals surface area contributed by atoms with E-state index in [4.69, 9.17) is 4.74 Å². The van der Waals surface area contributed by atoms with Crippen LogP contribution in [0.5, 0.6) is 5.75 Å². The number of para-hydroxylation sites is 1. The topological polar surface area (TPSA) is 33.3 Å². The Bertz CT molecular complexity index is 768. The Morgan fingerprint density at radius 2 is 1.68 bits per heavy atom. The van der Waals surface area contributed by atoms with Gasteiger partial charge in [0.05, 0.1) is 6.10 Å². The Morgan fingerprint density at radius 3 is 2.56 bits per heavy atom. The third kappa shape index (κ3) is 2.71. The van der Waals surface area contributed by atoms with E-state index in [0.29, 0.717) is 18.1 Å². The third-order valence-electron chi connectivity index (χ3n) is 6.09. The molecule has 2 aromatic rings.